The maximum Gasteiger partial charge on any atom is 0.303 e. The standard InChI is InChI=1S/C10H16O3/c1-5-3-7-4-8(5)9(12)10(7)13-6(2)11/h5,7-10,12H,3-4H2,1-2H3/t5-,7-,8+,9+,10+/m1/s1. The van der Waals surface area contributed by atoms with Crippen LogP contribution in [0.5, 0.6) is 0 Å². The molecule has 0 heterocycles. The van der Waals surface area contributed by atoms with Gasteiger partial charge in [-0.15, -0.1) is 0 Å². The number of carbonyl (C=O) groups excluding carboxylic acids is 1. The lowest BCUT2D eigenvalue weighted by atomic mass is 9.86. The number of esters is 1. The van der Waals surface area contributed by atoms with Gasteiger partial charge in [-0.25, -0.2) is 0 Å². The fourth-order valence-corrected chi connectivity index (χ4v) is 2.95. The van der Waals surface area contributed by atoms with Crippen molar-refractivity contribution >= 4 is 5.97 Å². The molecule has 0 spiro atoms. The Labute approximate surface area is 78.1 Å². The Kier molecular flexibility index (Phi) is 2.06. The highest BCUT2D eigenvalue weighted by Gasteiger charge is 2.52. The van der Waals surface area contributed by atoms with E-state index < -0.39 is 6.10 Å². The number of fused-ring (bicyclic) bond motifs is 2. The average Bonchev–Trinajstić information content (AvgIpc) is 2.51. The number of hydrogen-bond donors (Lipinski definition) is 1. The molecule has 0 saturated heterocycles. The molecular weight excluding hydrogens is 168 g/mol. The fraction of sp³-hybridized carbons (Fsp3) is 0.900. The van der Waals surface area contributed by atoms with E-state index in [1.165, 1.54) is 6.92 Å². The number of rotatable bonds is 1. The summed E-state index contributed by atoms with van der Waals surface area (Å²) in [5.74, 6) is 1.07. The Morgan fingerprint density at radius 2 is 2.15 bits per heavy atom. The fourth-order valence-electron chi connectivity index (χ4n) is 2.95. The summed E-state index contributed by atoms with van der Waals surface area (Å²) in [4.78, 5) is 10.8. The largest absolute Gasteiger partial charge is 0.459 e. The van der Waals surface area contributed by atoms with Crippen LogP contribution in [0.3, 0.4) is 0 Å². The van der Waals surface area contributed by atoms with E-state index in [2.05, 4.69) is 6.92 Å². The third-order valence-corrected chi connectivity index (χ3v) is 3.52. The van der Waals surface area contributed by atoms with Crippen LogP contribution in [0.25, 0.3) is 0 Å². The zero-order chi connectivity index (χ0) is 9.59. The molecule has 1 N–H and O–H groups in total. The van der Waals surface area contributed by atoms with Crippen molar-refractivity contribution < 1.29 is 14.6 Å². The van der Waals surface area contributed by atoms with Crippen LogP contribution < -0.4 is 0 Å². The molecule has 2 fully saturated rings. The van der Waals surface area contributed by atoms with Crippen molar-refractivity contribution in [1.29, 1.82) is 0 Å². The highest BCUT2D eigenvalue weighted by molar-refractivity contribution is 5.66. The van der Waals surface area contributed by atoms with E-state index in [-0.39, 0.29) is 12.1 Å². The van der Waals surface area contributed by atoms with Crippen molar-refractivity contribution in [2.24, 2.45) is 17.8 Å². The maximum absolute atomic E-state index is 10.8. The molecule has 0 radical (unpaired) electrons. The number of aliphatic hydroxyl groups excluding tert-OH is 1. The molecule has 74 valence electrons. The minimum Gasteiger partial charge on any atom is -0.459 e. The van der Waals surface area contributed by atoms with E-state index in [4.69, 9.17) is 4.74 Å². The second kappa shape index (κ2) is 2.98. The second-order valence-corrected chi connectivity index (χ2v) is 4.44. The molecule has 0 aromatic rings. The molecule has 0 aromatic carbocycles. The molecule has 2 saturated carbocycles. The van der Waals surface area contributed by atoms with Crippen molar-refractivity contribution in [3.05, 3.63) is 0 Å². The van der Waals surface area contributed by atoms with Gasteiger partial charge in [0.1, 0.15) is 6.10 Å². The van der Waals surface area contributed by atoms with Crippen LogP contribution in [-0.2, 0) is 9.53 Å². The van der Waals surface area contributed by atoms with E-state index in [1.54, 1.807) is 0 Å². The van der Waals surface area contributed by atoms with E-state index in [9.17, 15) is 9.90 Å². The summed E-state index contributed by atoms with van der Waals surface area (Å²) in [6.07, 6.45) is 1.48. The summed E-state index contributed by atoms with van der Waals surface area (Å²) in [6, 6.07) is 0. The van der Waals surface area contributed by atoms with Crippen molar-refractivity contribution in [2.45, 2.75) is 38.9 Å². The van der Waals surface area contributed by atoms with Crippen LogP contribution in [-0.4, -0.2) is 23.3 Å². The van der Waals surface area contributed by atoms with Crippen molar-refractivity contribution in [3.63, 3.8) is 0 Å². The minimum atomic E-state index is -0.419. The van der Waals surface area contributed by atoms with Gasteiger partial charge in [0.15, 0.2) is 0 Å². The van der Waals surface area contributed by atoms with Gasteiger partial charge < -0.3 is 9.84 Å². The first kappa shape index (κ1) is 9.00. The first-order valence-corrected chi connectivity index (χ1v) is 4.95. The highest BCUT2D eigenvalue weighted by Crippen LogP contribution is 2.49. The van der Waals surface area contributed by atoms with Gasteiger partial charge in [0.2, 0.25) is 0 Å². The van der Waals surface area contributed by atoms with Gasteiger partial charge in [-0.2, -0.15) is 0 Å². The van der Waals surface area contributed by atoms with Crippen LogP contribution in [0, 0.1) is 17.8 Å². The summed E-state index contributed by atoms with van der Waals surface area (Å²) < 4.78 is 5.12. The van der Waals surface area contributed by atoms with E-state index in [0.717, 1.165) is 12.8 Å². The van der Waals surface area contributed by atoms with Gasteiger partial charge in [-0.3, -0.25) is 4.79 Å². The zero-order valence-electron chi connectivity index (χ0n) is 8.06. The number of ether oxygens (including phenoxy) is 1. The van der Waals surface area contributed by atoms with Crippen LogP contribution in [0.1, 0.15) is 26.7 Å². The SMILES string of the molecule is CC(=O)O[C@H]1[C@H]2C[C@H]([C@@H]1O)[C@H](C)C2. The van der Waals surface area contributed by atoms with Crippen molar-refractivity contribution in [3.8, 4) is 0 Å². The van der Waals surface area contributed by atoms with Crippen LogP contribution in [0.15, 0.2) is 0 Å². The highest BCUT2D eigenvalue weighted by atomic mass is 16.6. The van der Waals surface area contributed by atoms with Crippen molar-refractivity contribution in [2.75, 3.05) is 0 Å². The molecule has 3 nitrogen and oxygen atoms in total. The monoisotopic (exact) mass is 184 g/mol. The Bertz CT molecular complexity index is 224. The van der Waals surface area contributed by atoms with Gasteiger partial charge >= 0.3 is 5.97 Å². The van der Waals surface area contributed by atoms with Gasteiger partial charge in [0.05, 0.1) is 6.10 Å². The van der Waals surface area contributed by atoms with Gasteiger partial charge in [0.25, 0.3) is 0 Å². The molecule has 2 rings (SSSR count). The normalized spacial score (nSPS) is 48.1. The van der Waals surface area contributed by atoms with E-state index in [0.29, 0.717) is 17.8 Å². The Hall–Kier alpha value is -0.570. The molecule has 0 unspecified atom stereocenters. The Balaban J connectivity index is 2.05. The van der Waals surface area contributed by atoms with Crippen LogP contribution in [0.2, 0.25) is 0 Å². The molecule has 3 heteroatoms. The summed E-state index contributed by atoms with van der Waals surface area (Å²) in [6.45, 7) is 3.57. The molecule has 2 aliphatic rings. The van der Waals surface area contributed by atoms with Crippen molar-refractivity contribution in [1.82, 2.24) is 0 Å². The lowest BCUT2D eigenvalue weighted by Gasteiger charge is -2.30. The molecular formula is C10H16O3. The van der Waals surface area contributed by atoms with Gasteiger partial charge in [-0.1, -0.05) is 6.92 Å². The topological polar surface area (TPSA) is 46.5 Å². The third kappa shape index (κ3) is 1.35. The lowest BCUT2D eigenvalue weighted by Crippen LogP contribution is -2.38. The Morgan fingerprint density at radius 1 is 1.46 bits per heavy atom. The van der Waals surface area contributed by atoms with Crippen LogP contribution in [0.4, 0.5) is 0 Å². The maximum atomic E-state index is 10.8. The number of hydrogen-bond acceptors (Lipinski definition) is 3. The summed E-state index contributed by atoms with van der Waals surface area (Å²) in [7, 11) is 0. The summed E-state index contributed by atoms with van der Waals surface area (Å²) in [5, 5.41) is 9.82. The zero-order valence-corrected chi connectivity index (χ0v) is 8.06. The van der Waals surface area contributed by atoms with Gasteiger partial charge in [-0.05, 0) is 30.6 Å². The van der Waals surface area contributed by atoms with Crippen LogP contribution >= 0.6 is 0 Å². The lowest BCUT2D eigenvalue weighted by molar-refractivity contribution is -0.157. The molecule has 5 atom stereocenters. The predicted molar refractivity (Wildman–Crippen MR) is 46.9 cm³/mol. The molecule has 0 amide bonds. The molecule has 13 heavy (non-hydrogen) atoms. The smallest absolute Gasteiger partial charge is 0.303 e. The van der Waals surface area contributed by atoms with E-state index >= 15 is 0 Å². The molecule has 2 aliphatic carbocycles. The second-order valence-electron chi connectivity index (χ2n) is 4.44. The predicted octanol–water partition coefficient (Wildman–Crippen LogP) is 0.955. The van der Waals surface area contributed by atoms with E-state index in [1.807, 2.05) is 0 Å². The Morgan fingerprint density at radius 3 is 2.62 bits per heavy atom. The minimum absolute atomic E-state index is 0.223. The first-order chi connectivity index (χ1) is 6.09. The summed E-state index contributed by atoms with van der Waals surface area (Å²) >= 11 is 0. The molecule has 0 aliphatic heterocycles. The van der Waals surface area contributed by atoms with Gasteiger partial charge in [0, 0.05) is 6.92 Å². The third-order valence-electron chi connectivity index (χ3n) is 3.52. The number of aliphatic hydroxyl groups is 1. The average molecular weight is 184 g/mol. The molecule has 0 aromatic heterocycles. The number of carbonyl (C=O) groups is 1. The molecule has 2 bridgehead atoms. The quantitative estimate of drug-likeness (QED) is 0.617. The summed E-state index contributed by atoms with van der Waals surface area (Å²) in [5.41, 5.74) is 0. The first-order valence-electron chi connectivity index (χ1n) is 4.95.